The van der Waals surface area contributed by atoms with Gasteiger partial charge in [0.2, 0.25) is 0 Å². The van der Waals surface area contributed by atoms with Gasteiger partial charge in [-0.05, 0) is 37.1 Å². The monoisotopic (exact) mass is 236 g/mol. The third-order valence-electron chi connectivity index (χ3n) is 3.44. The molecule has 0 radical (unpaired) electrons. The van der Waals surface area contributed by atoms with Crippen LogP contribution in [0.15, 0.2) is 24.3 Å². The van der Waals surface area contributed by atoms with Crippen molar-refractivity contribution >= 4 is 0 Å². The van der Waals surface area contributed by atoms with E-state index in [0.29, 0.717) is 12.0 Å². The lowest BCUT2D eigenvalue weighted by atomic mass is 9.95. The second-order valence-electron chi connectivity index (χ2n) is 5.15. The zero-order valence-electron chi connectivity index (χ0n) is 10.6. The zero-order valence-corrected chi connectivity index (χ0v) is 10.6. The van der Waals surface area contributed by atoms with Gasteiger partial charge in [-0.25, -0.2) is 4.39 Å². The molecule has 17 heavy (non-hydrogen) atoms. The van der Waals surface area contributed by atoms with Crippen LogP contribution in [0.2, 0.25) is 0 Å². The number of nitrogens with zero attached hydrogens (tertiary/aromatic N) is 1. The Bertz CT molecular complexity index is 367. The first-order valence-electron chi connectivity index (χ1n) is 6.31. The van der Waals surface area contributed by atoms with Crippen molar-refractivity contribution in [3.05, 3.63) is 35.6 Å². The van der Waals surface area contributed by atoms with Crippen molar-refractivity contribution in [2.75, 3.05) is 20.1 Å². The third-order valence-corrected chi connectivity index (χ3v) is 3.44. The molecule has 2 rings (SSSR count). The summed E-state index contributed by atoms with van der Waals surface area (Å²) in [5.41, 5.74) is 1.06. The quantitative estimate of drug-likeness (QED) is 0.866. The molecule has 1 aliphatic heterocycles. The van der Waals surface area contributed by atoms with E-state index in [1.807, 2.05) is 13.1 Å². The van der Waals surface area contributed by atoms with E-state index in [9.17, 15) is 4.39 Å². The number of benzene rings is 1. The van der Waals surface area contributed by atoms with E-state index in [4.69, 9.17) is 0 Å². The van der Waals surface area contributed by atoms with Gasteiger partial charge in [0.05, 0.1) is 0 Å². The number of piperidine rings is 1. The second-order valence-corrected chi connectivity index (χ2v) is 5.15. The molecule has 0 spiro atoms. The molecule has 0 aliphatic carbocycles. The Balaban J connectivity index is 1.98. The molecular weight excluding hydrogens is 215 g/mol. The average molecular weight is 236 g/mol. The van der Waals surface area contributed by atoms with Gasteiger partial charge in [-0.15, -0.1) is 0 Å². The number of nitrogens with one attached hydrogen (secondary N) is 1. The van der Waals surface area contributed by atoms with E-state index >= 15 is 0 Å². The van der Waals surface area contributed by atoms with Crippen LogP contribution < -0.4 is 5.32 Å². The lowest BCUT2D eigenvalue weighted by Gasteiger charge is -2.36. The lowest BCUT2D eigenvalue weighted by molar-refractivity contribution is 0.146. The third kappa shape index (κ3) is 3.51. The first kappa shape index (κ1) is 12.5. The first-order chi connectivity index (χ1) is 8.17. The molecule has 0 saturated carbocycles. The summed E-state index contributed by atoms with van der Waals surface area (Å²) in [4.78, 5) is 2.41. The fraction of sp³-hybridized carbons (Fsp3) is 0.571. The van der Waals surface area contributed by atoms with Gasteiger partial charge in [0.1, 0.15) is 5.82 Å². The highest BCUT2D eigenvalue weighted by atomic mass is 19.1. The predicted molar refractivity (Wildman–Crippen MR) is 68.3 cm³/mol. The summed E-state index contributed by atoms with van der Waals surface area (Å²) in [7, 11) is 2.02. The summed E-state index contributed by atoms with van der Waals surface area (Å²) in [6.07, 6.45) is 1.23. The van der Waals surface area contributed by atoms with Crippen LogP contribution in [0.4, 0.5) is 4.39 Å². The maximum Gasteiger partial charge on any atom is 0.123 e. The van der Waals surface area contributed by atoms with Gasteiger partial charge in [0.25, 0.3) is 0 Å². The predicted octanol–water partition coefficient (Wildman–Crippen LogP) is 2.26. The van der Waals surface area contributed by atoms with Crippen LogP contribution in [-0.2, 0) is 6.54 Å². The van der Waals surface area contributed by atoms with Crippen LogP contribution in [0.25, 0.3) is 0 Å². The Hall–Kier alpha value is -0.930. The number of likely N-dealkylation sites (N-methyl/N-ethyl adjacent to an activating group) is 1. The number of hydrogen-bond donors (Lipinski definition) is 1. The Morgan fingerprint density at radius 3 is 2.94 bits per heavy atom. The molecule has 2 unspecified atom stereocenters. The minimum Gasteiger partial charge on any atom is -0.316 e. The van der Waals surface area contributed by atoms with E-state index in [1.54, 1.807) is 12.1 Å². The summed E-state index contributed by atoms with van der Waals surface area (Å²) < 4.78 is 13.1. The topological polar surface area (TPSA) is 15.3 Å². The molecule has 0 aromatic heterocycles. The fourth-order valence-electron chi connectivity index (χ4n) is 2.69. The molecule has 2 nitrogen and oxygen atoms in total. The number of likely N-dealkylation sites (tertiary alicyclic amines) is 1. The minimum atomic E-state index is -0.141. The normalized spacial score (nSPS) is 26.1. The van der Waals surface area contributed by atoms with Gasteiger partial charge in [-0.1, -0.05) is 19.1 Å². The van der Waals surface area contributed by atoms with Crippen LogP contribution in [-0.4, -0.2) is 31.1 Å². The van der Waals surface area contributed by atoms with Crippen LogP contribution >= 0.6 is 0 Å². The zero-order chi connectivity index (χ0) is 12.3. The minimum absolute atomic E-state index is 0.141. The Labute approximate surface area is 103 Å². The van der Waals surface area contributed by atoms with Gasteiger partial charge >= 0.3 is 0 Å². The molecule has 2 atom stereocenters. The maximum atomic E-state index is 13.1. The van der Waals surface area contributed by atoms with Crippen LogP contribution in [0.1, 0.15) is 18.9 Å². The van der Waals surface area contributed by atoms with Gasteiger partial charge in [-0.2, -0.15) is 0 Å². The standard InChI is InChI=1S/C14H21FN2/c1-11-6-14(16-2)10-17(8-11)9-12-4-3-5-13(15)7-12/h3-5,7,11,14,16H,6,8-10H2,1-2H3. The van der Waals surface area contributed by atoms with Crippen molar-refractivity contribution < 1.29 is 4.39 Å². The summed E-state index contributed by atoms with van der Waals surface area (Å²) >= 11 is 0. The molecule has 3 heteroatoms. The fourth-order valence-corrected chi connectivity index (χ4v) is 2.69. The molecular formula is C14H21FN2. The molecule has 0 bridgehead atoms. The van der Waals surface area contributed by atoms with Crippen LogP contribution in [0.5, 0.6) is 0 Å². The van der Waals surface area contributed by atoms with E-state index in [2.05, 4.69) is 17.1 Å². The average Bonchev–Trinajstić information content (AvgIpc) is 2.28. The van der Waals surface area contributed by atoms with Crippen LogP contribution in [0.3, 0.4) is 0 Å². The summed E-state index contributed by atoms with van der Waals surface area (Å²) in [6.45, 7) is 5.29. The van der Waals surface area contributed by atoms with Gasteiger partial charge in [0, 0.05) is 25.7 Å². The van der Waals surface area contributed by atoms with E-state index in [1.165, 1.54) is 12.5 Å². The molecule has 1 aliphatic rings. The highest BCUT2D eigenvalue weighted by molar-refractivity contribution is 5.16. The molecule has 94 valence electrons. The summed E-state index contributed by atoms with van der Waals surface area (Å²) in [5.74, 6) is 0.562. The summed E-state index contributed by atoms with van der Waals surface area (Å²) in [6, 6.07) is 7.48. The lowest BCUT2D eigenvalue weighted by Crippen LogP contribution is -2.47. The van der Waals surface area contributed by atoms with Gasteiger partial charge in [-0.3, -0.25) is 4.90 Å². The van der Waals surface area contributed by atoms with E-state index < -0.39 is 0 Å². The number of rotatable bonds is 3. The van der Waals surface area contributed by atoms with E-state index in [-0.39, 0.29) is 5.82 Å². The van der Waals surface area contributed by atoms with Crippen molar-refractivity contribution in [3.63, 3.8) is 0 Å². The highest BCUT2D eigenvalue weighted by Gasteiger charge is 2.23. The maximum absolute atomic E-state index is 13.1. The van der Waals surface area contributed by atoms with Crippen molar-refractivity contribution in [2.45, 2.75) is 25.9 Å². The molecule has 1 fully saturated rings. The van der Waals surface area contributed by atoms with Crippen LogP contribution in [0, 0.1) is 11.7 Å². The molecule has 1 saturated heterocycles. The molecule has 1 heterocycles. The van der Waals surface area contributed by atoms with Crippen molar-refractivity contribution in [1.29, 1.82) is 0 Å². The van der Waals surface area contributed by atoms with Crippen molar-refractivity contribution in [2.24, 2.45) is 5.92 Å². The molecule has 1 aromatic rings. The first-order valence-corrected chi connectivity index (χ1v) is 6.31. The highest BCUT2D eigenvalue weighted by Crippen LogP contribution is 2.18. The SMILES string of the molecule is CNC1CC(C)CN(Cc2cccc(F)c2)C1. The largest absolute Gasteiger partial charge is 0.316 e. The van der Waals surface area contributed by atoms with E-state index in [0.717, 1.165) is 25.2 Å². The smallest absolute Gasteiger partial charge is 0.123 e. The molecule has 0 amide bonds. The Morgan fingerprint density at radius 1 is 1.41 bits per heavy atom. The Kier molecular flexibility index (Phi) is 4.13. The van der Waals surface area contributed by atoms with Crippen molar-refractivity contribution in [1.82, 2.24) is 10.2 Å². The second kappa shape index (κ2) is 5.61. The molecule has 1 aromatic carbocycles. The van der Waals surface area contributed by atoms with Crippen molar-refractivity contribution in [3.8, 4) is 0 Å². The summed E-state index contributed by atoms with van der Waals surface area (Å²) in [5, 5.41) is 3.35. The Morgan fingerprint density at radius 2 is 2.24 bits per heavy atom. The number of halogens is 1. The van der Waals surface area contributed by atoms with Gasteiger partial charge < -0.3 is 5.32 Å². The molecule has 1 N–H and O–H groups in total. The van der Waals surface area contributed by atoms with Gasteiger partial charge in [0.15, 0.2) is 0 Å². The number of hydrogen-bond acceptors (Lipinski definition) is 2.